The number of aromatic carboxylic acids is 1. The van der Waals surface area contributed by atoms with Gasteiger partial charge in [0.25, 0.3) is 0 Å². The van der Waals surface area contributed by atoms with Crippen LogP contribution in [0, 0.1) is 0 Å². The number of carboxylic acid groups (broad SMARTS) is 1. The van der Waals surface area contributed by atoms with Crippen molar-refractivity contribution in [1.82, 2.24) is 0 Å². The van der Waals surface area contributed by atoms with Gasteiger partial charge >= 0.3 is 13.1 Å². The molecule has 0 amide bonds. The largest absolute Gasteiger partial charge is 0.494 e. The summed E-state index contributed by atoms with van der Waals surface area (Å²) in [5, 5.41) is 9.20. The zero-order valence-electron chi connectivity index (χ0n) is 7.77. The second-order valence-electron chi connectivity index (χ2n) is 3.15. The van der Waals surface area contributed by atoms with Crippen molar-refractivity contribution in [3.8, 4) is 0 Å². The van der Waals surface area contributed by atoms with Gasteiger partial charge in [-0.3, -0.25) is 0 Å². The summed E-state index contributed by atoms with van der Waals surface area (Å²) in [7, 11) is -0.498. The summed E-state index contributed by atoms with van der Waals surface area (Å²) in [4.78, 5) is 10.8. The third-order valence-electron chi connectivity index (χ3n) is 2.06. The fourth-order valence-electron chi connectivity index (χ4n) is 1.42. The first kappa shape index (κ1) is 10.5. The van der Waals surface area contributed by atoms with E-state index in [-0.39, 0.29) is 5.56 Å². The van der Waals surface area contributed by atoms with E-state index in [1.807, 2.05) is 0 Å². The van der Waals surface area contributed by atoms with Crippen molar-refractivity contribution in [2.75, 3.05) is 13.2 Å². The number of halogens is 1. The van der Waals surface area contributed by atoms with E-state index < -0.39 is 13.1 Å². The van der Waals surface area contributed by atoms with Crippen LogP contribution >= 0.6 is 11.6 Å². The van der Waals surface area contributed by atoms with Crippen molar-refractivity contribution in [1.29, 1.82) is 0 Å². The molecule has 0 unspecified atom stereocenters. The molecule has 2 rings (SSSR count). The first-order chi connectivity index (χ1) is 7.16. The molecule has 0 bridgehead atoms. The molecule has 4 nitrogen and oxygen atoms in total. The molecule has 1 N–H and O–H groups in total. The first-order valence-corrected chi connectivity index (χ1v) is 4.81. The van der Waals surface area contributed by atoms with Crippen LogP contribution in [0.15, 0.2) is 18.2 Å². The zero-order valence-corrected chi connectivity index (χ0v) is 8.53. The fraction of sp³-hybridized carbons (Fsp3) is 0.222. The summed E-state index contributed by atoms with van der Waals surface area (Å²) in [6.45, 7) is 1.03. The van der Waals surface area contributed by atoms with E-state index in [9.17, 15) is 4.79 Å². The molecule has 1 heterocycles. The molecule has 1 fully saturated rings. The number of hydrogen-bond donors (Lipinski definition) is 1. The molecule has 1 aliphatic heterocycles. The number of hydrogen-bond acceptors (Lipinski definition) is 3. The molecule has 78 valence electrons. The summed E-state index contributed by atoms with van der Waals surface area (Å²) in [6, 6.07) is 4.54. The monoisotopic (exact) mass is 226 g/mol. The van der Waals surface area contributed by atoms with Crippen LogP contribution in [0.3, 0.4) is 0 Å². The van der Waals surface area contributed by atoms with Gasteiger partial charge in [0.2, 0.25) is 0 Å². The standard InChI is InChI=1S/C9H8BClO4/c11-8-4-6(9(12)13)3-7(5-8)10-14-1-2-15-10/h3-5H,1-2H2,(H,12,13). The minimum atomic E-state index is -1.02. The van der Waals surface area contributed by atoms with Crippen LogP contribution in [0.4, 0.5) is 0 Å². The van der Waals surface area contributed by atoms with Crippen LogP contribution in [0.2, 0.25) is 5.02 Å². The molecule has 6 heteroatoms. The van der Waals surface area contributed by atoms with Gasteiger partial charge < -0.3 is 14.4 Å². The van der Waals surface area contributed by atoms with Gasteiger partial charge in [-0.05, 0) is 23.7 Å². The highest BCUT2D eigenvalue weighted by molar-refractivity contribution is 6.62. The summed E-state index contributed by atoms with van der Waals surface area (Å²) >= 11 is 5.80. The molecule has 0 spiro atoms. The van der Waals surface area contributed by atoms with Gasteiger partial charge in [0.1, 0.15) is 0 Å². The molecular formula is C9H8BClO4. The molecule has 0 aromatic heterocycles. The maximum atomic E-state index is 10.8. The lowest BCUT2D eigenvalue weighted by Crippen LogP contribution is -2.32. The SMILES string of the molecule is O=C(O)c1cc(Cl)cc(B2OCCO2)c1. The van der Waals surface area contributed by atoms with Crippen LogP contribution in [-0.4, -0.2) is 31.4 Å². The molecule has 1 aromatic carbocycles. The van der Waals surface area contributed by atoms with Gasteiger partial charge in [-0.2, -0.15) is 0 Å². The number of rotatable bonds is 2. The number of benzene rings is 1. The minimum absolute atomic E-state index is 0.136. The van der Waals surface area contributed by atoms with Gasteiger partial charge in [-0.15, -0.1) is 0 Å². The predicted octanol–water partition coefficient (Wildman–Crippen LogP) is 0.780. The Kier molecular flexibility index (Phi) is 2.95. The Hall–Kier alpha value is -1.04. The Morgan fingerprint density at radius 3 is 2.60 bits per heavy atom. The highest BCUT2D eigenvalue weighted by atomic mass is 35.5. The van der Waals surface area contributed by atoms with Crippen LogP contribution in [0.1, 0.15) is 10.4 Å². The fourth-order valence-corrected chi connectivity index (χ4v) is 1.67. The van der Waals surface area contributed by atoms with Gasteiger partial charge in [-0.25, -0.2) is 4.79 Å². The highest BCUT2D eigenvalue weighted by Crippen LogP contribution is 2.11. The maximum absolute atomic E-state index is 10.8. The van der Waals surface area contributed by atoms with E-state index in [1.165, 1.54) is 12.1 Å². The molecule has 0 atom stereocenters. The van der Waals surface area contributed by atoms with E-state index in [0.717, 1.165) is 0 Å². The van der Waals surface area contributed by atoms with Crippen LogP contribution in [-0.2, 0) is 9.31 Å². The van der Waals surface area contributed by atoms with Crippen molar-refractivity contribution in [3.05, 3.63) is 28.8 Å². The number of carboxylic acids is 1. The summed E-state index contributed by atoms with van der Waals surface area (Å²) in [5.41, 5.74) is 0.772. The molecule has 1 aliphatic rings. The van der Waals surface area contributed by atoms with Gasteiger partial charge in [-0.1, -0.05) is 11.6 Å². The van der Waals surface area contributed by atoms with Gasteiger partial charge in [0.05, 0.1) is 18.8 Å². The third-order valence-corrected chi connectivity index (χ3v) is 2.28. The van der Waals surface area contributed by atoms with E-state index >= 15 is 0 Å². The van der Waals surface area contributed by atoms with Gasteiger partial charge in [0, 0.05) is 5.02 Å². The molecule has 0 saturated carbocycles. The van der Waals surface area contributed by atoms with E-state index in [1.54, 1.807) is 6.07 Å². The molecule has 0 radical (unpaired) electrons. The number of carbonyl (C=O) groups is 1. The van der Waals surface area contributed by atoms with Crippen LogP contribution < -0.4 is 5.46 Å². The summed E-state index contributed by atoms with van der Waals surface area (Å²) < 4.78 is 10.5. The second-order valence-corrected chi connectivity index (χ2v) is 3.59. The lowest BCUT2D eigenvalue weighted by atomic mass is 9.79. The Morgan fingerprint density at radius 1 is 1.33 bits per heavy atom. The van der Waals surface area contributed by atoms with Crippen LogP contribution in [0.25, 0.3) is 0 Å². The topological polar surface area (TPSA) is 55.8 Å². The average molecular weight is 226 g/mol. The Bertz CT molecular complexity index is 390. The second kappa shape index (κ2) is 4.22. The maximum Gasteiger partial charge on any atom is 0.494 e. The molecule has 1 saturated heterocycles. The molecule has 0 aliphatic carbocycles. The zero-order chi connectivity index (χ0) is 10.8. The third kappa shape index (κ3) is 2.31. The molecule has 1 aromatic rings. The highest BCUT2D eigenvalue weighted by Gasteiger charge is 2.27. The normalized spacial score (nSPS) is 15.7. The summed E-state index contributed by atoms with van der Waals surface area (Å²) in [6.07, 6.45) is 0. The smallest absolute Gasteiger partial charge is 0.478 e. The minimum Gasteiger partial charge on any atom is -0.478 e. The van der Waals surface area contributed by atoms with Crippen molar-refractivity contribution < 1.29 is 19.2 Å². The van der Waals surface area contributed by atoms with Crippen molar-refractivity contribution in [3.63, 3.8) is 0 Å². The first-order valence-electron chi connectivity index (χ1n) is 4.44. The Balaban J connectivity index is 2.34. The van der Waals surface area contributed by atoms with Crippen molar-refractivity contribution >= 4 is 30.2 Å². The summed E-state index contributed by atoms with van der Waals surface area (Å²) in [5.74, 6) is -1.02. The van der Waals surface area contributed by atoms with Crippen LogP contribution in [0.5, 0.6) is 0 Å². The van der Waals surface area contributed by atoms with Gasteiger partial charge in [0.15, 0.2) is 0 Å². The van der Waals surface area contributed by atoms with E-state index in [4.69, 9.17) is 26.0 Å². The molecular weight excluding hydrogens is 218 g/mol. The van der Waals surface area contributed by atoms with Crippen molar-refractivity contribution in [2.45, 2.75) is 0 Å². The average Bonchev–Trinajstić information content (AvgIpc) is 2.69. The van der Waals surface area contributed by atoms with E-state index in [0.29, 0.717) is 23.7 Å². The molecule has 15 heavy (non-hydrogen) atoms. The van der Waals surface area contributed by atoms with E-state index in [2.05, 4.69) is 0 Å². The van der Waals surface area contributed by atoms with Crippen molar-refractivity contribution in [2.24, 2.45) is 0 Å². The quantitative estimate of drug-likeness (QED) is 0.757. The predicted molar refractivity (Wildman–Crippen MR) is 55.7 cm³/mol. The lowest BCUT2D eigenvalue weighted by Gasteiger charge is -2.05. The lowest BCUT2D eigenvalue weighted by molar-refractivity contribution is 0.0697. The Labute approximate surface area is 91.9 Å². The Morgan fingerprint density at radius 2 is 2.00 bits per heavy atom.